The van der Waals surface area contributed by atoms with Crippen molar-refractivity contribution in [2.24, 2.45) is 0 Å². The molecule has 0 radical (unpaired) electrons. The molecule has 26 heavy (non-hydrogen) atoms. The maximum Gasteiger partial charge on any atom is 0.220 e. The third-order valence-corrected chi connectivity index (χ3v) is 4.50. The number of aryl methyl sites for hydroxylation is 1. The van der Waals surface area contributed by atoms with Gasteiger partial charge in [0, 0.05) is 11.9 Å². The quantitative estimate of drug-likeness (QED) is 0.505. The first-order valence-electron chi connectivity index (χ1n) is 8.14. The predicted octanol–water partition coefficient (Wildman–Crippen LogP) is 3.23. The van der Waals surface area contributed by atoms with Crippen molar-refractivity contribution in [3.8, 4) is 17.2 Å². The van der Waals surface area contributed by atoms with Gasteiger partial charge in [0.25, 0.3) is 0 Å². The Balaban J connectivity index is 1.71. The smallest absolute Gasteiger partial charge is 0.220 e. The van der Waals surface area contributed by atoms with E-state index in [1.54, 1.807) is 10.9 Å². The average Bonchev–Trinajstić information content (AvgIpc) is 3.17. The number of tetrazole rings is 1. The molecule has 4 aromatic rings. The van der Waals surface area contributed by atoms with Crippen molar-refractivity contribution in [2.75, 3.05) is 0 Å². The Morgan fingerprint density at radius 1 is 1.00 bits per heavy atom. The van der Waals surface area contributed by atoms with Gasteiger partial charge in [-0.3, -0.25) is 4.98 Å². The number of pyridine rings is 1. The van der Waals surface area contributed by atoms with Crippen molar-refractivity contribution < 1.29 is 0 Å². The molecule has 3 heterocycles. The van der Waals surface area contributed by atoms with Crippen molar-refractivity contribution in [3.63, 3.8) is 0 Å². The molecule has 3 aromatic heterocycles. The van der Waals surface area contributed by atoms with Gasteiger partial charge in [0.1, 0.15) is 10.7 Å². The monoisotopic (exact) mass is 361 g/mol. The third-order valence-electron chi connectivity index (χ3n) is 3.65. The van der Waals surface area contributed by atoms with Gasteiger partial charge in [-0.1, -0.05) is 31.2 Å². The number of aromatic nitrogens is 7. The molecule has 4 rings (SSSR count). The van der Waals surface area contributed by atoms with Crippen LogP contribution in [0.1, 0.15) is 12.6 Å². The lowest BCUT2D eigenvalue weighted by Crippen LogP contribution is -2.01. The van der Waals surface area contributed by atoms with Crippen LogP contribution in [-0.4, -0.2) is 35.2 Å². The zero-order chi connectivity index (χ0) is 17.8. The first-order valence-corrected chi connectivity index (χ1v) is 8.96. The molecule has 0 aliphatic rings. The van der Waals surface area contributed by atoms with Gasteiger partial charge < -0.3 is 0 Å². The highest BCUT2D eigenvalue weighted by atomic mass is 32.2. The molecule has 0 spiro atoms. The number of rotatable bonds is 5. The van der Waals surface area contributed by atoms with Crippen LogP contribution in [-0.2, 0) is 6.42 Å². The SMILES string of the molecule is CCc1cc(Sc2nnnn2-c2ccccc2)nc(-c2ccccn2)n1. The molecule has 0 aliphatic carbocycles. The summed E-state index contributed by atoms with van der Waals surface area (Å²) >= 11 is 1.40. The first-order chi connectivity index (χ1) is 12.8. The van der Waals surface area contributed by atoms with Crippen molar-refractivity contribution in [3.05, 3.63) is 66.5 Å². The summed E-state index contributed by atoms with van der Waals surface area (Å²) in [6.45, 7) is 2.06. The molecule has 1 aromatic carbocycles. The van der Waals surface area contributed by atoms with E-state index in [4.69, 9.17) is 0 Å². The summed E-state index contributed by atoms with van der Waals surface area (Å²) in [4.78, 5) is 13.6. The second-order valence-corrected chi connectivity index (χ2v) is 6.39. The number of benzene rings is 1. The van der Waals surface area contributed by atoms with Gasteiger partial charge in [0.2, 0.25) is 5.16 Å². The molecule has 0 aliphatic heterocycles. The first kappa shape index (κ1) is 16.3. The van der Waals surface area contributed by atoms with Crippen LogP contribution in [0.25, 0.3) is 17.2 Å². The maximum atomic E-state index is 4.64. The van der Waals surface area contributed by atoms with Crippen molar-refractivity contribution >= 4 is 11.8 Å². The Morgan fingerprint density at radius 2 is 1.85 bits per heavy atom. The molecule has 0 saturated heterocycles. The van der Waals surface area contributed by atoms with Crippen molar-refractivity contribution in [2.45, 2.75) is 23.5 Å². The summed E-state index contributed by atoms with van der Waals surface area (Å²) in [5.41, 5.74) is 2.59. The van der Waals surface area contributed by atoms with Gasteiger partial charge in [-0.15, -0.1) is 5.10 Å². The molecular formula is C18H15N7S. The fourth-order valence-electron chi connectivity index (χ4n) is 2.38. The second kappa shape index (κ2) is 7.40. The van der Waals surface area contributed by atoms with Crippen LogP contribution < -0.4 is 0 Å². The van der Waals surface area contributed by atoms with Crippen LogP contribution in [0.15, 0.2) is 71.0 Å². The highest BCUT2D eigenvalue weighted by Gasteiger charge is 2.13. The molecule has 0 atom stereocenters. The van der Waals surface area contributed by atoms with E-state index >= 15 is 0 Å². The van der Waals surface area contributed by atoms with Gasteiger partial charge in [0.05, 0.1) is 5.69 Å². The maximum absolute atomic E-state index is 4.64. The van der Waals surface area contributed by atoms with Gasteiger partial charge in [-0.25, -0.2) is 9.97 Å². The Labute approximate surface area is 154 Å². The van der Waals surface area contributed by atoms with E-state index in [9.17, 15) is 0 Å². The van der Waals surface area contributed by atoms with Crippen LogP contribution in [0.4, 0.5) is 0 Å². The molecule has 0 bridgehead atoms. The van der Waals surface area contributed by atoms with E-state index in [0.717, 1.165) is 28.5 Å². The lowest BCUT2D eigenvalue weighted by Gasteiger charge is -2.07. The van der Waals surface area contributed by atoms with E-state index in [1.165, 1.54) is 11.8 Å². The number of para-hydroxylation sites is 1. The minimum absolute atomic E-state index is 0.603. The lowest BCUT2D eigenvalue weighted by molar-refractivity contribution is 0.755. The third kappa shape index (κ3) is 3.45. The zero-order valence-corrected chi connectivity index (χ0v) is 14.8. The summed E-state index contributed by atoms with van der Waals surface area (Å²) in [7, 11) is 0. The molecule has 128 valence electrons. The Hall–Kier alpha value is -3.13. The van der Waals surface area contributed by atoms with Crippen molar-refractivity contribution in [1.29, 1.82) is 0 Å². The van der Waals surface area contributed by atoms with E-state index in [2.05, 4.69) is 37.4 Å². The average molecular weight is 361 g/mol. The standard InChI is InChI=1S/C18H15N7S/c1-2-13-12-16(21-17(20-13)15-10-6-7-11-19-15)26-18-22-23-24-25(18)14-8-4-3-5-9-14/h3-12H,2H2,1H3. The van der Waals surface area contributed by atoms with Gasteiger partial charge >= 0.3 is 0 Å². The number of hydrogen-bond donors (Lipinski definition) is 0. The number of nitrogens with zero attached hydrogens (tertiary/aromatic N) is 7. The van der Waals surface area contributed by atoms with E-state index in [-0.39, 0.29) is 0 Å². The summed E-state index contributed by atoms with van der Waals surface area (Å²) < 4.78 is 1.69. The van der Waals surface area contributed by atoms with Crippen LogP contribution in [0.5, 0.6) is 0 Å². The normalized spacial score (nSPS) is 10.8. The Morgan fingerprint density at radius 3 is 2.62 bits per heavy atom. The Kier molecular flexibility index (Phi) is 4.65. The fourth-order valence-corrected chi connectivity index (χ4v) is 3.20. The van der Waals surface area contributed by atoms with E-state index in [1.807, 2.05) is 54.6 Å². The fraction of sp³-hybridized carbons (Fsp3) is 0.111. The molecular weight excluding hydrogens is 346 g/mol. The van der Waals surface area contributed by atoms with Crippen LogP contribution in [0.2, 0.25) is 0 Å². The van der Waals surface area contributed by atoms with Crippen molar-refractivity contribution in [1.82, 2.24) is 35.2 Å². The predicted molar refractivity (Wildman–Crippen MR) is 97.9 cm³/mol. The van der Waals surface area contributed by atoms with E-state index in [0.29, 0.717) is 11.0 Å². The molecule has 7 nitrogen and oxygen atoms in total. The van der Waals surface area contributed by atoms with E-state index < -0.39 is 0 Å². The van der Waals surface area contributed by atoms with Gasteiger partial charge in [0.15, 0.2) is 5.82 Å². The summed E-state index contributed by atoms with van der Waals surface area (Å²) in [5.74, 6) is 0.603. The van der Waals surface area contributed by atoms with Crippen LogP contribution in [0.3, 0.4) is 0 Å². The summed E-state index contributed by atoms with van der Waals surface area (Å²) in [5, 5.41) is 13.4. The molecule has 8 heteroatoms. The highest BCUT2D eigenvalue weighted by Crippen LogP contribution is 2.27. The van der Waals surface area contributed by atoms with Gasteiger partial charge in [-0.2, -0.15) is 4.68 Å². The molecule has 0 N–H and O–H groups in total. The molecule has 0 saturated carbocycles. The summed E-state index contributed by atoms with van der Waals surface area (Å²) in [6, 6.07) is 17.4. The lowest BCUT2D eigenvalue weighted by atomic mass is 10.3. The van der Waals surface area contributed by atoms with Crippen LogP contribution in [0, 0.1) is 0 Å². The van der Waals surface area contributed by atoms with Crippen LogP contribution >= 0.6 is 11.8 Å². The topological polar surface area (TPSA) is 82.3 Å². The minimum Gasteiger partial charge on any atom is -0.253 e. The molecule has 0 unspecified atom stereocenters. The largest absolute Gasteiger partial charge is 0.253 e. The summed E-state index contributed by atoms with van der Waals surface area (Å²) in [6.07, 6.45) is 2.54. The Bertz CT molecular complexity index is 1000. The minimum atomic E-state index is 0.603. The second-order valence-electron chi connectivity index (χ2n) is 5.40. The molecule has 0 amide bonds. The zero-order valence-electron chi connectivity index (χ0n) is 14.0. The number of hydrogen-bond acceptors (Lipinski definition) is 7. The highest BCUT2D eigenvalue weighted by molar-refractivity contribution is 7.99. The molecule has 0 fully saturated rings. The van der Waals surface area contributed by atoms with Gasteiger partial charge in [-0.05, 0) is 58.9 Å².